The number of nitrogens with zero attached hydrogens (tertiary/aromatic N) is 1. The summed E-state index contributed by atoms with van der Waals surface area (Å²) in [6.45, 7) is 7.57. The Labute approximate surface area is 208 Å². The second-order valence-corrected chi connectivity index (χ2v) is 8.75. The molecule has 2 unspecified atom stereocenters. The van der Waals surface area contributed by atoms with Crippen molar-refractivity contribution in [2.45, 2.75) is 40.5 Å². The summed E-state index contributed by atoms with van der Waals surface area (Å²) in [5.41, 5.74) is 6.64. The predicted molar refractivity (Wildman–Crippen MR) is 129 cm³/mol. The maximum atomic E-state index is 10.0. The Morgan fingerprint density at radius 2 is 1.88 bits per heavy atom. The fourth-order valence-corrected chi connectivity index (χ4v) is 4.43. The van der Waals surface area contributed by atoms with Crippen LogP contribution in [-0.2, 0) is 37.7 Å². The molecule has 5 rings (SSSR count). The SMILES string of the molecule is CC(=O)/C=C(/C)O.CC1Cc2ccc3oc4c(-c5[c-]cccc5)nccc4c3c2CC1C.[Ir]. The number of carbonyl (C=O) groups excluding carboxylic acids is 1. The van der Waals surface area contributed by atoms with Crippen molar-refractivity contribution < 1.29 is 34.4 Å². The molecule has 0 fully saturated rings. The number of hydrogen-bond donors (Lipinski definition) is 1. The van der Waals surface area contributed by atoms with Gasteiger partial charge in [-0.2, -0.15) is 0 Å². The molecular weight excluding hydrogens is 591 g/mol. The molecular formula is C28H28IrNO3-. The third kappa shape index (κ3) is 5.26. The van der Waals surface area contributed by atoms with Gasteiger partial charge in [-0.15, -0.1) is 35.9 Å². The zero-order valence-corrected chi connectivity index (χ0v) is 21.7. The number of fused-ring (bicyclic) bond motifs is 5. The summed E-state index contributed by atoms with van der Waals surface area (Å²) >= 11 is 0. The molecule has 0 saturated carbocycles. The van der Waals surface area contributed by atoms with Crippen molar-refractivity contribution in [2.24, 2.45) is 11.8 Å². The van der Waals surface area contributed by atoms with Gasteiger partial charge in [0.05, 0.1) is 5.76 Å². The Morgan fingerprint density at radius 3 is 2.52 bits per heavy atom. The summed E-state index contributed by atoms with van der Waals surface area (Å²) in [5, 5.41) is 10.8. The normalized spacial score (nSPS) is 17.6. The van der Waals surface area contributed by atoms with Crippen LogP contribution < -0.4 is 0 Å². The van der Waals surface area contributed by atoms with Gasteiger partial charge in [-0.25, -0.2) is 0 Å². The number of allylic oxidation sites excluding steroid dienone is 2. The number of aliphatic hydroxyl groups excluding tert-OH is 1. The van der Waals surface area contributed by atoms with E-state index in [0.717, 1.165) is 41.2 Å². The average molecular weight is 619 g/mol. The molecule has 0 aliphatic heterocycles. The second-order valence-electron chi connectivity index (χ2n) is 8.75. The molecule has 0 spiro atoms. The molecule has 33 heavy (non-hydrogen) atoms. The summed E-state index contributed by atoms with van der Waals surface area (Å²) in [4.78, 5) is 14.6. The number of furan rings is 1. The van der Waals surface area contributed by atoms with Crippen LogP contribution >= 0.6 is 0 Å². The molecule has 1 radical (unpaired) electrons. The fraction of sp³-hybridized carbons (Fsp3) is 0.286. The zero-order valence-electron chi connectivity index (χ0n) is 19.3. The number of carbonyl (C=O) groups is 1. The molecule has 2 aromatic heterocycles. The molecule has 0 saturated heterocycles. The van der Waals surface area contributed by atoms with Crippen LogP contribution in [0.25, 0.3) is 33.2 Å². The van der Waals surface area contributed by atoms with E-state index in [4.69, 9.17) is 9.52 Å². The van der Waals surface area contributed by atoms with E-state index in [1.807, 2.05) is 30.5 Å². The number of ketones is 1. The fourth-order valence-electron chi connectivity index (χ4n) is 4.43. The minimum absolute atomic E-state index is 0. The van der Waals surface area contributed by atoms with Crippen LogP contribution in [0.4, 0.5) is 0 Å². The summed E-state index contributed by atoms with van der Waals surface area (Å²) in [6, 6.07) is 17.7. The van der Waals surface area contributed by atoms with Gasteiger partial charge in [0.2, 0.25) is 0 Å². The number of hydrogen-bond acceptors (Lipinski definition) is 4. The predicted octanol–water partition coefficient (Wildman–Crippen LogP) is 6.85. The number of rotatable bonds is 2. The molecule has 2 aromatic carbocycles. The van der Waals surface area contributed by atoms with Crippen molar-refractivity contribution in [1.29, 1.82) is 0 Å². The van der Waals surface area contributed by atoms with Crippen LogP contribution in [0.3, 0.4) is 0 Å². The van der Waals surface area contributed by atoms with Crippen LogP contribution in [0.15, 0.2) is 64.9 Å². The van der Waals surface area contributed by atoms with Gasteiger partial charge < -0.3 is 14.5 Å². The van der Waals surface area contributed by atoms with E-state index in [1.165, 1.54) is 41.8 Å². The number of aromatic nitrogens is 1. The van der Waals surface area contributed by atoms with Crippen molar-refractivity contribution in [3.05, 3.63) is 77.7 Å². The van der Waals surface area contributed by atoms with E-state index in [-0.39, 0.29) is 31.6 Å². The zero-order chi connectivity index (χ0) is 22.8. The molecule has 0 bridgehead atoms. The Morgan fingerprint density at radius 1 is 1.12 bits per heavy atom. The van der Waals surface area contributed by atoms with Gasteiger partial charge in [0.1, 0.15) is 11.2 Å². The van der Waals surface area contributed by atoms with Crippen LogP contribution in [-0.4, -0.2) is 15.9 Å². The largest absolute Gasteiger partial charge is 0.512 e. The molecule has 2 heterocycles. The van der Waals surface area contributed by atoms with Crippen LogP contribution in [0, 0.1) is 17.9 Å². The van der Waals surface area contributed by atoms with Gasteiger partial charge in [0.25, 0.3) is 0 Å². The smallest absolute Gasteiger partial charge is 0.155 e. The van der Waals surface area contributed by atoms with Gasteiger partial charge in [0, 0.05) is 48.8 Å². The molecule has 4 aromatic rings. The first kappa shape index (κ1) is 24.9. The van der Waals surface area contributed by atoms with Crippen molar-refractivity contribution in [2.75, 3.05) is 0 Å². The Bertz CT molecular complexity index is 1300. The maximum Gasteiger partial charge on any atom is 0.155 e. The third-order valence-electron chi connectivity index (χ3n) is 6.17. The molecule has 1 aliphatic rings. The monoisotopic (exact) mass is 619 g/mol. The van der Waals surface area contributed by atoms with Crippen LogP contribution in [0.5, 0.6) is 0 Å². The molecule has 1 N–H and O–H groups in total. The standard InChI is InChI=1S/C23H20NO.C5H8O2.Ir/c1-14-12-17-8-9-20-21(19(17)13-15(14)2)18-10-11-24-22(23(18)25-20)16-6-4-3-5-7-16;1-4(6)3-5(2)7;/h3-6,8-11,14-15H,12-13H2,1-2H3;3,6H,1-2H3;/q-1;;/b;4-3-;. The van der Waals surface area contributed by atoms with Crippen molar-refractivity contribution >= 4 is 27.7 Å². The van der Waals surface area contributed by atoms with E-state index in [9.17, 15) is 4.79 Å². The molecule has 2 atom stereocenters. The van der Waals surface area contributed by atoms with Gasteiger partial charge in [-0.1, -0.05) is 19.9 Å². The number of aliphatic hydroxyl groups is 1. The first-order chi connectivity index (χ1) is 15.3. The maximum absolute atomic E-state index is 10.0. The Hall–Kier alpha value is -2.75. The summed E-state index contributed by atoms with van der Waals surface area (Å²) < 4.78 is 6.28. The minimum Gasteiger partial charge on any atom is -0.512 e. The Kier molecular flexibility index (Phi) is 7.88. The first-order valence-corrected chi connectivity index (χ1v) is 11.0. The van der Waals surface area contributed by atoms with Crippen LogP contribution in [0.2, 0.25) is 0 Å². The second kappa shape index (κ2) is 10.5. The van der Waals surface area contributed by atoms with Crippen molar-refractivity contribution in [1.82, 2.24) is 4.98 Å². The molecule has 5 heteroatoms. The quantitative estimate of drug-likeness (QED) is 0.152. The minimum atomic E-state index is -0.125. The summed E-state index contributed by atoms with van der Waals surface area (Å²) in [7, 11) is 0. The molecule has 0 amide bonds. The molecule has 4 nitrogen and oxygen atoms in total. The third-order valence-corrected chi connectivity index (χ3v) is 6.17. The van der Waals surface area contributed by atoms with Crippen molar-refractivity contribution in [3.63, 3.8) is 0 Å². The molecule has 173 valence electrons. The van der Waals surface area contributed by atoms with Gasteiger partial charge in [-0.3, -0.25) is 4.79 Å². The van der Waals surface area contributed by atoms with Gasteiger partial charge >= 0.3 is 0 Å². The van der Waals surface area contributed by atoms with Crippen molar-refractivity contribution in [3.8, 4) is 11.3 Å². The topological polar surface area (TPSA) is 63.3 Å². The number of benzene rings is 2. The first-order valence-electron chi connectivity index (χ1n) is 11.0. The van der Waals surface area contributed by atoms with Crippen LogP contribution in [0.1, 0.15) is 38.8 Å². The van der Waals surface area contributed by atoms with E-state index < -0.39 is 0 Å². The van der Waals surface area contributed by atoms with E-state index >= 15 is 0 Å². The average Bonchev–Trinajstić information content (AvgIpc) is 3.14. The van der Waals surface area contributed by atoms with E-state index in [0.29, 0.717) is 5.92 Å². The van der Waals surface area contributed by atoms with Gasteiger partial charge in [-0.05, 0) is 61.8 Å². The van der Waals surface area contributed by atoms with E-state index in [2.05, 4.69) is 43.1 Å². The summed E-state index contributed by atoms with van der Waals surface area (Å²) in [5.74, 6) is 1.37. The number of pyridine rings is 1. The molecule has 1 aliphatic carbocycles. The summed E-state index contributed by atoms with van der Waals surface area (Å²) in [6.07, 6.45) is 5.34. The Balaban J connectivity index is 0.000000337. The van der Waals surface area contributed by atoms with E-state index in [1.54, 1.807) is 0 Å². The van der Waals surface area contributed by atoms with Gasteiger partial charge in [0.15, 0.2) is 5.78 Å².